The molecule has 2 aromatic carbocycles. The average molecular weight is 473 g/mol. The zero-order chi connectivity index (χ0) is 22.7. The van der Waals surface area contributed by atoms with Gasteiger partial charge in [-0.15, -0.1) is 11.3 Å². The molecule has 0 radical (unpaired) electrons. The number of hydrogen-bond acceptors (Lipinski definition) is 7. The van der Waals surface area contributed by atoms with Crippen LogP contribution in [0.5, 0.6) is 0 Å². The number of thiazole rings is 1. The minimum atomic E-state index is -3.76. The van der Waals surface area contributed by atoms with Gasteiger partial charge in [0.1, 0.15) is 5.01 Å². The molecule has 1 aromatic heterocycles. The van der Waals surface area contributed by atoms with Crippen LogP contribution in [0.3, 0.4) is 0 Å². The van der Waals surface area contributed by atoms with Crippen LogP contribution in [-0.4, -0.2) is 53.7 Å². The molecular formula is C22H24N4O4S2. The van der Waals surface area contributed by atoms with E-state index in [1.807, 2.05) is 0 Å². The van der Waals surface area contributed by atoms with Crippen molar-refractivity contribution >= 4 is 27.0 Å². The summed E-state index contributed by atoms with van der Waals surface area (Å²) in [6.07, 6.45) is 1.01. The van der Waals surface area contributed by atoms with Gasteiger partial charge in [0.15, 0.2) is 0 Å². The number of rotatable bonds is 7. The molecule has 1 saturated heterocycles. The number of nitro groups is 1. The third-order valence-electron chi connectivity index (χ3n) is 5.54. The van der Waals surface area contributed by atoms with E-state index < -0.39 is 14.9 Å². The molecule has 168 valence electrons. The number of nitro benzene ring substituents is 1. The van der Waals surface area contributed by atoms with E-state index in [-0.39, 0.29) is 10.6 Å². The second-order valence-corrected chi connectivity index (χ2v) is 10.4. The summed E-state index contributed by atoms with van der Waals surface area (Å²) >= 11 is 1.61. The number of sulfonamides is 1. The number of piperazine rings is 1. The first kappa shape index (κ1) is 22.5. The van der Waals surface area contributed by atoms with Gasteiger partial charge in [0, 0.05) is 55.8 Å². The fourth-order valence-corrected chi connectivity index (χ4v) is 5.94. The molecule has 0 spiro atoms. The second-order valence-electron chi connectivity index (χ2n) is 7.63. The van der Waals surface area contributed by atoms with Crippen molar-refractivity contribution in [3.8, 4) is 10.6 Å². The molecule has 8 nitrogen and oxygen atoms in total. The van der Waals surface area contributed by atoms with Crippen LogP contribution in [0.15, 0.2) is 58.8 Å². The largest absolute Gasteiger partial charge is 0.295 e. The lowest BCUT2D eigenvalue weighted by Crippen LogP contribution is -2.48. The molecular weight excluding hydrogens is 448 g/mol. The maximum atomic E-state index is 12.9. The van der Waals surface area contributed by atoms with Gasteiger partial charge in [0.2, 0.25) is 10.0 Å². The lowest BCUT2D eigenvalue weighted by Gasteiger charge is -2.33. The highest BCUT2D eigenvalue weighted by Crippen LogP contribution is 2.26. The molecule has 10 heteroatoms. The predicted octanol–water partition coefficient (Wildman–Crippen LogP) is 3.79. The summed E-state index contributed by atoms with van der Waals surface area (Å²) in [6.45, 7) is 4.61. The summed E-state index contributed by atoms with van der Waals surface area (Å²) in [4.78, 5) is 17.3. The Morgan fingerprint density at radius 1 is 1.09 bits per heavy atom. The van der Waals surface area contributed by atoms with Gasteiger partial charge in [-0.1, -0.05) is 37.3 Å². The van der Waals surface area contributed by atoms with Gasteiger partial charge in [-0.25, -0.2) is 13.4 Å². The SMILES string of the molecule is CCc1ccc(-c2nc(CN3CCN(S(=O)(=O)c4cccc([N+](=O)[O-])c4)CC3)cs2)cc1. The zero-order valence-corrected chi connectivity index (χ0v) is 19.3. The fourth-order valence-electron chi connectivity index (χ4n) is 3.66. The molecule has 32 heavy (non-hydrogen) atoms. The Hall–Kier alpha value is -2.66. The van der Waals surface area contributed by atoms with Gasteiger partial charge in [-0.05, 0) is 18.1 Å². The van der Waals surface area contributed by atoms with E-state index in [1.54, 1.807) is 11.3 Å². The number of hydrogen-bond donors (Lipinski definition) is 0. The molecule has 1 aliphatic heterocycles. The number of non-ortho nitro benzene ring substituents is 1. The quantitative estimate of drug-likeness (QED) is 0.383. The van der Waals surface area contributed by atoms with Gasteiger partial charge in [0.25, 0.3) is 5.69 Å². The Bertz CT molecular complexity index is 1200. The average Bonchev–Trinajstić information content (AvgIpc) is 3.28. The molecule has 4 rings (SSSR count). The van der Waals surface area contributed by atoms with Crippen molar-refractivity contribution in [2.45, 2.75) is 24.8 Å². The Morgan fingerprint density at radius 2 is 1.81 bits per heavy atom. The molecule has 0 bridgehead atoms. The van der Waals surface area contributed by atoms with Crippen molar-refractivity contribution in [2.24, 2.45) is 0 Å². The summed E-state index contributed by atoms with van der Waals surface area (Å²) < 4.78 is 27.2. The monoisotopic (exact) mass is 472 g/mol. The molecule has 0 atom stereocenters. The van der Waals surface area contributed by atoms with Crippen molar-refractivity contribution < 1.29 is 13.3 Å². The van der Waals surface area contributed by atoms with Crippen molar-refractivity contribution in [1.82, 2.24) is 14.2 Å². The fraction of sp³-hybridized carbons (Fsp3) is 0.318. The van der Waals surface area contributed by atoms with Crippen LogP contribution in [0, 0.1) is 10.1 Å². The first-order valence-electron chi connectivity index (χ1n) is 10.4. The molecule has 3 aromatic rings. The Balaban J connectivity index is 1.37. The summed E-state index contributed by atoms with van der Waals surface area (Å²) in [5, 5.41) is 14.0. The van der Waals surface area contributed by atoms with E-state index in [1.165, 1.54) is 28.1 Å². The highest BCUT2D eigenvalue weighted by molar-refractivity contribution is 7.89. The summed E-state index contributed by atoms with van der Waals surface area (Å²) in [6, 6.07) is 13.6. The molecule has 0 aliphatic carbocycles. The third-order valence-corrected chi connectivity index (χ3v) is 8.38. The maximum absolute atomic E-state index is 12.9. The standard InChI is InChI=1S/C22H24N4O4S2/c1-2-17-6-8-18(9-7-17)22-23-19(16-31-22)15-24-10-12-25(13-11-24)32(29,30)21-5-3-4-20(14-21)26(27)28/h3-9,14,16H,2,10-13,15H2,1H3. The van der Waals surface area contributed by atoms with Crippen LogP contribution in [0.2, 0.25) is 0 Å². The number of nitrogens with zero attached hydrogens (tertiary/aromatic N) is 4. The van der Waals surface area contributed by atoms with E-state index in [2.05, 4.69) is 41.5 Å². The summed E-state index contributed by atoms with van der Waals surface area (Å²) in [5.41, 5.74) is 3.14. The first-order chi connectivity index (χ1) is 15.4. The predicted molar refractivity (Wildman–Crippen MR) is 124 cm³/mol. The van der Waals surface area contributed by atoms with E-state index >= 15 is 0 Å². The van der Waals surface area contributed by atoms with E-state index in [9.17, 15) is 18.5 Å². The van der Waals surface area contributed by atoms with Crippen LogP contribution < -0.4 is 0 Å². The van der Waals surface area contributed by atoms with Crippen LogP contribution in [0.4, 0.5) is 5.69 Å². The van der Waals surface area contributed by atoms with E-state index in [0.717, 1.165) is 28.8 Å². The molecule has 0 amide bonds. The van der Waals surface area contributed by atoms with Crippen LogP contribution in [-0.2, 0) is 23.0 Å². The van der Waals surface area contributed by atoms with Crippen LogP contribution >= 0.6 is 11.3 Å². The minimum absolute atomic E-state index is 0.0432. The smallest absolute Gasteiger partial charge is 0.270 e. The van der Waals surface area contributed by atoms with Gasteiger partial charge in [-0.3, -0.25) is 15.0 Å². The molecule has 0 saturated carbocycles. The third kappa shape index (κ3) is 4.88. The second kappa shape index (κ2) is 9.45. The van der Waals surface area contributed by atoms with E-state index in [4.69, 9.17) is 4.98 Å². The van der Waals surface area contributed by atoms with Crippen molar-refractivity contribution in [3.63, 3.8) is 0 Å². The molecule has 1 fully saturated rings. The van der Waals surface area contributed by atoms with Crippen LogP contribution in [0.25, 0.3) is 10.6 Å². The molecule has 0 unspecified atom stereocenters. The zero-order valence-electron chi connectivity index (χ0n) is 17.7. The highest BCUT2D eigenvalue weighted by atomic mass is 32.2. The number of aromatic nitrogens is 1. The van der Waals surface area contributed by atoms with E-state index in [0.29, 0.717) is 32.7 Å². The lowest BCUT2D eigenvalue weighted by atomic mass is 10.1. The highest BCUT2D eigenvalue weighted by Gasteiger charge is 2.29. The summed E-state index contributed by atoms with van der Waals surface area (Å²) in [5.74, 6) is 0. The van der Waals surface area contributed by atoms with Gasteiger partial charge in [0.05, 0.1) is 15.5 Å². The van der Waals surface area contributed by atoms with Crippen LogP contribution in [0.1, 0.15) is 18.2 Å². The topological polar surface area (TPSA) is 96.7 Å². The summed E-state index contributed by atoms with van der Waals surface area (Å²) in [7, 11) is -3.76. The normalized spacial score (nSPS) is 15.7. The Kier molecular flexibility index (Phi) is 6.66. The lowest BCUT2D eigenvalue weighted by molar-refractivity contribution is -0.385. The molecule has 1 aliphatic rings. The molecule has 0 N–H and O–H groups in total. The van der Waals surface area contributed by atoms with Crippen molar-refractivity contribution in [1.29, 1.82) is 0 Å². The molecule has 2 heterocycles. The Labute approximate surface area is 191 Å². The number of benzene rings is 2. The van der Waals surface area contributed by atoms with Gasteiger partial charge in [-0.2, -0.15) is 4.31 Å². The number of aryl methyl sites for hydroxylation is 1. The van der Waals surface area contributed by atoms with Crippen molar-refractivity contribution in [3.05, 3.63) is 75.3 Å². The van der Waals surface area contributed by atoms with Crippen molar-refractivity contribution in [2.75, 3.05) is 26.2 Å². The minimum Gasteiger partial charge on any atom is -0.295 e. The van der Waals surface area contributed by atoms with Gasteiger partial charge >= 0.3 is 0 Å². The maximum Gasteiger partial charge on any atom is 0.270 e. The first-order valence-corrected chi connectivity index (χ1v) is 12.7. The Morgan fingerprint density at radius 3 is 2.47 bits per heavy atom. The van der Waals surface area contributed by atoms with Gasteiger partial charge < -0.3 is 0 Å².